The van der Waals surface area contributed by atoms with E-state index in [9.17, 15) is 9.59 Å². The molecule has 1 aromatic carbocycles. The van der Waals surface area contributed by atoms with E-state index in [1.54, 1.807) is 30.5 Å². The molecule has 2 rings (SSSR count). The Morgan fingerprint density at radius 2 is 2.19 bits per heavy atom. The number of carbonyl (C=O) groups excluding carboxylic acids is 2. The Kier molecular flexibility index (Phi) is 4.54. The molecule has 1 aromatic heterocycles. The third-order valence-electron chi connectivity index (χ3n) is 2.92. The first-order valence-electron chi connectivity index (χ1n) is 6.19. The van der Waals surface area contributed by atoms with Gasteiger partial charge >= 0.3 is 5.97 Å². The normalized spacial score (nSPS) is 10.2. The highest BCUT2D eigenvalue weighted by Gasteiger charge is 2.14. The van der Waals surface area contributed by atoms with Gasteiger partial charge in [-0.2, -0.15) is 0 Å². The fourth-order valence-electron chi connectivity index (χ4n) is 1.86. The van der Waals surface area contributed by atoms with Gasteiger partial charge in [0.1, 0.15) is 0 Å². The van der Waals surface area contributed by atoms with Crippen LogP contribution < -0.4 is 11.1 Å². The summed E-state index contributed by atoms with van der Waals surface area (Å²) in [6.07, 6.45) is 0.135. The van der Waals surface area contributed by atoms with Crippen molar-refractivity contribution in [2.45, 2.75) is 13.3 Å². The lowest BCUT2D eigenvalue weighted by atomic mass is 10.1. The van der Waals surface area contributed by atoms with Crippen LogP contribution in [0.5, 0.6) is 0 Å². The zero-order valence-corrected chi connectivity index (χ0v) is 12.5. The Morgan fingerprint density at radius 3 is 2.81 bits per heavy atom. The van der Waals surface area contributed by atoms with E-state index < -0.39 is 5.97 Å². The molecule has 0 unspecified atom stereocenters. The number of benzene rings is 1. The molecular formula is C14H15N3O3S. The van der Waals surface area contributed by atoms with Gasteiger partial charge in [-0.1, -0.05) is 6.07 Å². The molecule has 0 aliphatic rings. The zero-order chi connectivity index (χ0) is 15.4. The summed E-state index contributed by atoms with van der Waals surface area (Å²) in [4.78, 5) is 27.6. The van der Waals surface area contributed by atoms with Crippen molar-refractivity contribution in [1.82, 2.24) is 4.98 Å². The zero-order valence-electron chi connectivity index (χ0n) is 11.7. The molecule has 6 nitrogen and oxygen atoms in total. The van der Waals surface area contributed by atoms with E-state index in [1.165, 1.54) is 18.4 Å². The molecule has 0 saturated heterocycles. The fourth-order valence-corrected chi connectivity index (χ4v) is 2.43. The minimum absolute atomic E-state index is 0.135. The summed E-state index contributed by atoms with van der Waals surface area (Å²) in [5.74, 6) is -0.652. The summed E-state index contributed by atoms with van der Waals surface area (Å²) in [6.45, 7) is 1.75. The number of rotatable bonds is 4. The maximum Gasteiger partial charge on any atom is 0.338 e. The van der Waals surface area contributed by atoms with Crippen LogP contribution >= 0.6 is 11.3 Å². The van der Waals surface area contributed by atoms with E-state index >= 15 is 0 Å². The summed E-state index contributed by atoms with van der Waals surface area (Å²) in [5.41, 5.74) is 7.81. The largest absolute Gasteiger partial charge is 0.465 e. The lowest BCUT2D eigenvalue weighted by molar-refractivity contribution is -0.115. The van der Waals surface area contributed by atoms with Crippen molar-refractivity contribution in [1.29, 1.82) is 0 Å². The number of aromatic nitrogens is 1. The fraction of sp³-hybridized carbons (Fsp3) is 0.214. The average molecular weight is 305 g/mol. The van der Waals surface area contributed by atoms with E-state index in [-0.39, 0.29) is 12.3 Å². The predicted octanol–water partition coefficient (Wildman–Crippen LogP) is 2.00. The SMILES string of the molecule is COC(=O)c1cccc(NC(=O)Cc2csc(N)n2)c1C. The number of thiazole rings is 1. The van der Waals surface area contributed by atoms with Gasteiger partial charge in [0.05, 0.1) is 24.8 Å². The van der Waals surface area contributed by atoms with Crippen LogP contribution in [0.2, 0.25) is 0 Å². The number of methoxy groups -OCH3 is 1. The molecule has 3 N–H and O–H groups in total. The third kappa shape index (κ3) is 3.57. The van der Waals surface area contributed by atoms with Crippen LogP contribution in [-0.4, -0.2) is 24.0 Å². The molecule has 0 spiro atoms. The summed E-state index contributed by atoms with van der Waals surface area (Å²) >= 11 is 1.29. The topological polar surface area (TPSA) is 94.3 Å². The van der Waals surface area contributed by atoms with Crippen LogP contribution in [0.15, 0.2) is 23.6 Å². The monoisotopic (exact) mass is 305 g/mol. The molecule has 1 amide bonds. The maximum atomic E-state index is 12.0. The number of ether oxygens (including phenoxy) is 1. The summed E-state index contributed by atoms with van der Waals surface area (Å²) in [7, 11) is 1.32. The van der Waals surface area contributed by atoms with Crippen molar-refractivity contribution in [2.24, 2.45) is 0 Å². The van der Waals surface area contributed by atoms with Gasteiger partial charge < -0.3 is 15.8 Å². The van der Waals surface area contributed by atoms with Gasteiger partial charge in [0.25, 0.3) is 0 Å². The lowest BCUT2D eigenvalue weighted by Gasteiger charge is -2.11. The van der Waals surface area contributed by atoms with Gasteiger partial charge in [0.2, 0.25) is 5.91 Å². The van der Waals surface area contributed by atoms with Crippen LogP contribution in [0.3, 0.4) is 0 Å². The van der Waals surface area contributed by atoms with Crippen molar-refractivity contribution < 1.29 is 14.3 Å². The Morgan fingerprint density at radius 1 is 1.43 bits per heavy atom. The second kappa shape index (κ2) is 6.36. The molecule has 0 atom stereocenters. The van der Waals surface area contributed by atoms with Crippen LogP contribution in [0.25, 0.3) is 0 Å². The van der Waals surface area contributed by atoms with Crippen LogP contribution in [0.4, 0.5) is 10.8 Å². The molecule has 1 heterocycles. The molecule has 7 heteroatoms. The van der Waals surface area contributed by atoms with Gasteiger partial charge in [0.15, 0.2) is 5.13 Å². The standard InChI is InChI=1S/C14H15N3O3S/c1-8-10(13(19)20-2)4-3-5-11(8)17-12(18)6-9-7-21-14(15)16-9/h3-5,7H,6H2,1-2H3,(H2,15,16)(H,17,18). The number of hydrogen-bond acceptors (Lipinski definition) is 6. The van der Waals surface area contributed by atoms with Crippen molar-refractivity contribution in [2.75, 3.05) is 18.2 Å². The Hall–Kier alpha value is -2.41. The quantitative estimate of drug-likeness (QED) is 0.843. The van der Waals surface area contributed by atoms with Crippen molar-refractivity contribution in [3.63, 3.8) is 0 Å². The molecule has 0 saturated carbocycles. The van der Waals surface area contributed by atoms with Gasteiger partial charge in [-0.25, -0.2) is 9.78 Å². The number of nitrogens with two attached hydrogens (primary N) is 1. The van der Waals surface area contributed by atoms with E-state index in [1.807, 2.05) is 0 Å². The van der Waals surface area contributed by atoms with Gasteiger partial charge in [-0.15, -0.1) is 11.3 Å². The minimum Gasteiger partial charge on any atom is -0.465 e. The number of hydrogen-bond donors (Lipinski definition) is 2. The smallest absolute Gasteiger partial charge is 0.338 e. The number of amides is 1. The van der Waals surface area contributed by atoms with Crippen LogP contribution in [0, 0.1) is 6.92 Å². The predicted molar refractivity (Wildman–Crippen MR) is 81.4 cm³/mol. The van der Waals surface area contributed by atoms with Crippen LogP contribution in [-0.2, 0) is 16.0 Å². The van der Waals surface area contributed by atoms with Crippen molar-refractivity contribution >= 4 is 34.0 Å². The molecule has 21 heavy (non-hydrogen) atoms. The second-order valence-electron chi connectivity index (χ2n) is 4.37. The number of nitrogens with one attached hydrogen (secondary N) is 1. The maximum absolute atomic E-state index is 12.0. The summed E-state index contributed by atoms with van der Waals surface area (Å²) < 4.78 is 4.70. The number of nitrogens with zero attached hydrogens (tertiary/aromatic N) is 1. The Bertz CT molecular complexity index is 682. The molecule has 0 radical (unpaired) electrons. The van der Waals surface area contributed by atoms with E-state index in [2.05, 4.69) is 10.3 Å². The van der Waals surface area contributed by atoms with Gasteiger partial charge in [0, 0.05) is 11.1 Å². The molecule has 0 bridgehead atoms. The third-order valence-corrected chi connectivity index (χ3v) is 3.65. The minimum atomic E-state index is -0.434. The molecule has 2 aromatic rings. The van der Waals surface area contributed by atoms with Gasteiger partial charge in [-0.05, 0) is 24.6 Å². The first kappa shape index (κ1) is 15.0. The van der Waals surface area contributed by atoms with E-state index in [0.29, 0.717) is 27.6 Å². The Labute approximate surface area is 125 Å². The molecule has 0 fully saturated rings. The molecule has 110 valence electrons. The molecule has 0 aliphatic heterocycles. The Balaban J connectivity index is 2.12. The second-order valence-corrected chi connectivity index (χ2v) is 5.26. The first-order valence-corrected chi connectivity index (χ1v) is 7.07. The number of carbonyl (C=O) groups is 2. The summed E-state index contributed by atoms with van der Waals surface area (Å²) in [5, 5.41) is 4.94. The van der Waals surface area contributed by atoms with Crippen LogP contribution in [0.1, 0.15) is 21.6 Å². The number of esters is 1. The molecule has 0 aliphatic carbocycles. The van der Waals surface area contributed by atoms with Gasteiger partial charge in [-0.3, -0.25) is 4.79 Å². The van der Waals surface area contributed by atoms with Crippen molar-refractivity contribution in [3.8, 4) is 0 Å². The number of nitrogen functional groups attached to an aromatic ring is 1. The highest BCUT2D eigenvalue weighted by Crippen LogP contribution is 2.20. The van der Waals surface area contributed by atoms with E-state index in [4.69, 9.17) is 10.5 Å². The average Bonchev–Trinajstić information content (AvgIpc) is 2.85. The lowest BCUT2D eigenvalue weighted by Crippen LogP contribution is -2.16. The molecular weight excluding hydrogens is 290 g/mol. The first-order chi connectivity index (χ1) is 10.0. The number of anilines is 2. The van der Waals surface area contributed by atoms with E-state index in [0.717, 1.165) is 0 Å². The highest BCUT2D eigenvalue weighted by molar-refractivity contribution is 7.13. The summed E-state index contributed by atoms with van der Waals surface area (Å²) in [6, 6.07) is 5.07. The highest BCUT2D eigenvalue weighted by atomic mass is 32.1. The van der Waals surface area contributed by atoms with Crippen molar-refractivity contribution in [3.05, 3.63) is 40.4 Å².